The van der Waals surface area contributed by atoms with Gasteiger partial charge in [-0.1, -0.05) is 6.07 Å². The number of nitrogens with one attached hydrogen (secondary N) is 1. The molecule has 4 heterocycles. The van der Waals surface area contributed by atoms with Crippen molar-refractivity contribution in [2.24, 2.45) is 5.73 Å². The number of rotatable bonds is 7. The van der Waals surface area contributed by atoms with E-state index in [1.807, 2.05) is 6.92 Å². The van der Waals surface area contributed by atoms with Crippen LogP contribution in [0.2, 0.25) is 0 Å². The number of carbonyl (C=O) groups is 2. The molecule has 3 N–H and O–H groups in total. The van der Waals surface area contributed by atoms with Gasteiger partial charge in [0.05, 0.1) is 18.8 Å². The Morgan fingerprint density at radius 1 is 1.28 bits per heavy atom. The van der Waals surface area contributed by atoms with Crippen LogP contribution in [0.25, 0.3) is 0 Å². The van der Waals surface area contributed by atoms with Crippen LogP contribution in [0.15, 0.2) is 36.5 Å². The highest BCUT2D eigenvalue weighted by Gasteiger charge is 2.38. The summed E-state index contributed by atoms with van der Waals surface area (Å²) in [7, 11) is 0. The molecule has 9 nitrogen and oxygen atoms in total. The molecular weight excluding hydrogens is 474 g/mol. The number of carbonyl (C=O) groups excluding carboxylic acids is 2. The molecule has 2 bridgehead atoms. The van der Waals surface area contributed by atoms with Crippen LogP contribution >= 0.6 is 0 Å². The molecule has 0 radical (unpaired) electrons. The smallest absolute Gasteiger partial charge is 0.267 e. The van der Waals surface area contributed by atoms with E-state index in [1.165, 1.54) is 24.4 Å². The van der Waals surface area contributed by atoms with E-state index in [9.17, 15) is 18.4 Å². The van der Waals surface area contributed by atoms with Gasteiger partial charge in [0.15, 0.2) is 11.6 Å². The normalized spacial score (nSPS) is 24.8. The van der Waals surface area contributed by atoms with Crippen molar-refractivity contribution in [3.8, 4) is 5.75 Å². The molecule has 1 aromatic carbocycles. The molecule has 36 heavy (non-hydrogen) atoms. The van der Waals surface area contributed by atoms with Gasteiger partial charge in [-0.2, -0.15) is 4.39 Å². The molecule has 5 rings (SSSR count). The lowest BCUT2D eigenvalue weighted by atomic mass is 10.2. The van der Waals surface area contributed by atoms with Gasteiger partial charge in [-0.25, -0.2) is 4.39 Å². The van der Waals surface area contributed by atoms with Gasteiger partial charge in [0, 0.05) is 31.0 Å². The number of aromatic nitrogens is 1. The number of hydrogen-bond donors (Lipinski definition) is 2. The summed E-state index contributed by atoms with van der Waals surface area (Å²) in [6.07, 6.45) is 4.12. The molecule has 194 valence electrons. The Hall–Kier alpha value is -3.15. The maximum absolute atomic E-state index is 13.3. The molecule has 4 atom stereocenters. The zero-order valence-electron chi connectivity index (χ0n) is 20.0. The van der Waals surface area contributed by atoms with Crippen molar-refractivity contribution in [3.63, 3.8) is 0 Å². The van der Waals surface area contributed by atoms with Gasteiger partial charge in [0.2, 0.25) is 5.82 Å². The number of halogens is 2. The third kappa shape index (κ3) is 6.54. The van der Waals surface area contributed by atoms with Gasteiger partial charge in [0.25, 0.3) is 11.8 Å². The maximum atomic E-state index is 13.3. The summed E-state index contributed by atoms with van der Waals surface area (Å²) < 4.78 is 42.5. The lowest BCUT2D eigenvalue weighted by Gasteiger charge is -2.26. The van der Waals surface area contributed by atoms with Crippen LogP contribution in [-0.4, -0.2) is 72.4 Å². The van der Waals surface area contributed by atoms with Gasteiger partial charge in [0.1, 0.15) is 18.4 Å². The molecule has 0 spiro atoms. The number of pyridine rings is 1. The number of ether oxygens (including phenoxy) is 3. The molecule has 3 unspecified atom stereocenters. The van der Waals surface area contributed by atoms with E-state index in [-0.39, 0.29) is 23.5 Å². The van der Waals surface area contributed by atoms with Crippen molar-refractivity contribution >= 4 is 17.5 Å². The number of benzene rings is 1. The van der Waals surface area contributed by atoms with Crippen LogP contribution in [0.4, 0.5) is 14.5 Å². The Bertz CT molecular complexity index is 1090. The van der Waals surface area contributed by atoms with Gasteiger partial charge in [-0.15, -0.1) is 0 Å². The van der Waals surface area contributed by atoms with Crippen molar-refractivity contribution in [2.75, 3.05) is 31.6 Å². The Morgan fingerprint density at radius 2 is 2.11 bits per heavy atom. The minimum absolute atomic E-state index is 0.0180. The summed E-state index contributed by atoms with van der Waals surface area (Å²) in [5.74, 6) is -2.64. The number of amides is 2. The predicted molar refractivity (Wildman–Crippen MR) is 127 cm³/mol. The highest BCUT2D eigenvalue weighted by molar-refractivity contribution is 5.96. The molecule has 2 aromatic rings. The summed E-state index contributed by atoms with van der Waals surface area (Å²) in [6.45, 7) is 4.72. The molecule has 2 amide bonds. The standard InChI is InChI=1S/C13H15F2NO2.C12H15N3O3/c14-11-2-1-3-12(13(11)15)17-5-4-16-7-10-6-9(16)8-18-10;1-7-2-3-10(18-7)12(17)15-8-4-5-14-9(6-8)11(13)16/h1-3,9-10H,4-8H2;4-7,10H,2-3H2,1H3,(H2,13,16)(H,14,15,17)/t9?,10-;/m1./s1. The number of likely N-dealkylation sites (tertiary alicyclic amines) is 1. The fourth-order valence-electron chi connectivity index (χ4n) is 4.48. The fourth-order valence-corrected chi connectivity index (χ4v) is 4.48. The number of anilines is 1. The quantitative estimate of drug-likeness (QED) is 0.595. The van der Waals surface area contributed by atoms with Crippen molar-refractivity contribution in [1.82, 2.24) is 9.88 Å². The summed E-state index contributed by atoms with van der Waals surface area (Å²) in [4.78, 5) is 28.9. The molecule has 3 fully saturated rings. The number of morpholine rings is 1. The highest BCUT2D eigenvalue weighted by atomic mass is 19.2. The predicted octanol–water partition coefficient (Wildman–Crippen LogP) is 2.50. The molecule has 3 aliphatic rings. The Morgan fingerprint density at radius 3 is 2.78 bits per heavy atom. The second kappa shape index (κ2) is 11.7. The second-order valence-electron chi connectivity index (χ2n) is 9.04. The van der Waals surface area contributed by atoms with Crippen LogP contribution in [0.3, 0.4) is 0 Å². The Kier molecular flexibility index (Phi) is 8.44. The average molecular weight is 505 g/mol. The average Bonchev–Trinajstić information content (AvgIpc) is 3.60. The monoisotopic (exact) mass is 504 g/mol. The van der Waals surface area contributed by atoms with Crippen molar-refractivity contribution in [3.05, 3.63) is 53.9 Å². The van der Waals surface area contributed by atoms with E-state index in [2.05, 4.69) is 15.2 Å². The Labute approximate surface area is 207 Å². The summed E-state index contributed by atoms with van der Waals surface area (Å²) in [5, 5.41) is 2.69. The number of primary amides is 1. The first kappa shape index (κ1) is 25.9. The van der Waals surface area contributed by atoms with Crippen LogP contribution in [-0.2, 0) is 14.3 Å². The molecule has 3 saturated heterocycles. The zero-order chi connectivity index (χ0) is 25.7. The zero-order valence-corrected chi connectivity index (χ0v) is 20.0. The lowest BCUT2D eigenvalue weighted by molar-refractivity contribution is -0.126. The summed E-state index contributed by atoms with van der Waals surface area (Å²) >= 11 is 0. The van der Waals surface area contributed by atoms with Crippen LogP contribution in [0.1, 0.15) is 36.7 Å². The largest absolute Gasteiger partial charge is 0.489 e. The number of nitrogens with two attached hydrogens (primary N) is 1. The third-order valence-corrected chi connectivity index (χ3v) is 6.37. The van der Waals surface area contributed by atoms with Gasteiger partial charge in [-0.3, -0.25) is 19.5 Å². The van der Waals surface area contributed by atoms with E-state index >= 15 is 0 Å². The minimum Gasteiger partial charge on any atom is -0.489 e. The molecular formula is C25H30F2N4O5. The van der Waals surface area contributed by atoms with Crippen molar-refractivity contribution < 1.29 is 32.6 Å². The number of nitrogens with zero attached hydrogens (tertiary/aromatic N) is 2. The van der Waals surface area contributed by atoms with E-state index < -0.39 is 23.6 Å². The first-order chi connectivity index (χ1) is 17.3. The van der Waals surface area contributed by atoms with E-state index in [0.717, 1.165) is 38.6 Å². The second-order valence-corrected chi connectivity index (χ2v) is 9.04. The minimum atomic E-state index is -0.913. The number of fused-ring (bicyclic) bond motifs is 2. The van der Waals surface area contributed by atoms with Gasteiger partial charge >= 0.3 is 0 Å². The first-order valence-corrected chi connectivity index (χ1v) is 11.9. The molecule has 1 aromatic heterocycles. The fraction of sp³-hybridized carbons (Fsp3) is 0.480. The van der Waals surface area contributed by atoms with Gasteiger partial charge in [-0.05, 0) is 50.5 Å². The number of hydrogen-bond acceptors (Lipinski definition) is 7. The molecule has 0 saturated carbocycles. The molecule has 3 aliphatic heterocycles. The topological polar surface area (TPSA) is 116 Å². The highest BCUT2D eigenvalue weighted by Crippen LogP contribution is 2.27. The van der Waals surface area contributed by atoms with Crippen LogP contribution in [0.5, 0.6) is 5.75 Å². The summed E-state index contributed by atoms with van der Waals surface area (Å²) in [5.41, 5.74) is 5.73. The summed E-state index contributed by atoms with van der Waals surface area (Å²) in [6, 6.07) is 7.48. The van der Waals surface area contributed by atoms with Gasteiger partial charge < -0.3 is 25.3 Å². The van der Waals surface area contributed by atoms with Crippen molar-refractivity contribution in [1.29, 1.82) is 0 Å². The van der Waals surface area contributed by atoms with E-state index in [1.54, 1.807) is 6.07 Å². The van der Waals surface area contributed by atoms with Crippen LogP contribution in [0, 0.1) is 11.6 Å². The lowest BCUT2D eigenvalue weighted by Crippen LogP contribution is -2.39. The maximum Gasteiger partial charge on any atom is 0.267 e. The van der Waals surface area contributed by atoms with E-state index in [0.29, 0.717) is 30.9 Å². The van der Waals surface area contributed by atoms with Crippen molar-refractivity contribution in [2.45, 2.75) is 50.5 Å². The Balaban J connectivity index is 0.000000169. The first-order valence-electron chi connectivity index (χ1n) is 11.9. The third-order valence-electron chi connectivity index (χ3n) is 6.37. The van der Waals surface area contributed by atoms with E-state index in [4.69, 9.17) is 19.9 Å². The molecule has 0 aliphatic carbocycles. The SMILES string of the molecule is CC1CCC(C(=O)Nc2ccnc(C(N)=O)c2)O1.Fc1cccc(OCCN2C[C@H]3CC2CO3)c1F. The molecule has 11 heteroatoms. The van der Waals surface area contributed by atoms with Crippen LogP contribution < -0.4 is 15.8 Å².